The SMILES string of the molecule is C=C1CCC2=C(CC3C=C(C)C[C@]2(N)/C3=C/C)N1. The van der Waals surface area contributed by atoms with Crippen LogP contribution in [0, 0.1) is 5.92 Å². The number of fused-ring (bicyclic) bond motifs is 3. The molecule has 0 fully saturated rings. The lowest BCUT2D eigenvalue weighted by Crippen LogP contribution is -2.52. The minimum Gasteiger partial charge on any atom is -0.363 e. The van der Waals surface area contributed by atoms with Crippen LogP contribution in [0.4, 0.5) is 0 Å². The summed E-state index contributed by atoms with van der Waals surface area (Å²) in [5.41, 5.74) is 13.3. The Bertz CT molecular complexity index is 507. The minimum absolute atomic E-state index is 0.237. The van der Waals surface area contributed by atoms with Crippen LogP contribution < -0.4 is 11.1 Å². The molecule has 2 atom stereocenters. The summed E-state index contributed by atoms with van der Waals surface area (Å²) in [7, 11) is 0. The lowest BCUT2D eigenvalue weighted by molar-refractivity contribution is 0.417. The molecule has 1 aliphatic heterocycles. The van der Waals surface area contributed by atoms with Crippen molar-refractivity contribution in [3.8, 4) is 0 Å². The Hall–Kier alpha value is -1.28. The van der Waals surface area contributed by atoms with Crippen LogP contribution >= 0.6 is 0 Å². The first-order valence-electron chi connectivity index (χ1n) is 6.84. The van der Waals surface area contributed by atoms with Crippen LogP contribution in [-0.4, -0.2) is 5.54 Å². The van der Waals surface area contributed by atoms with E-state index in [0.717, 1.165) is 31.4 Å². The normalized spacial score (nSPS) is 37.3. The zero-order valence-corrected chi connectivity index (χ0v) is 11.3. The van der Waals surface area contributed by atoms with Crippen molar-refractivity contribution in [1.29, 1.82) is 0 Å². The molecule has 2 aliphatic carbocycles. The highest BCUT2D eigenvalue weighted by atomic mass is 14.9. The predicted octanol–water partition coefficient (Wildman–Crippen LogP) is 3.15. The molecule has 3 rings (SSSR count). The van der Waals surface area contributed by atoms with E-state index < -0.39 is 0 Å². The lowest BCUT2D eigenvalue weighted by Gasteiger charge is -2.48. The zero-order chi connectivity index (χ0) is 12.9. The van der Waals surface area contributed by atoms with Crippen molar-refractivity contribution in [2.24, 2.45) is 11.7 Å². The van der Waals surface area contributed by atoms with Gasteiger partial charge in [-0.15, -0.1) is 0 Å². The van der Waals surface area contributed by atoms with Crippen LogP contribution in [0.2, 0.25) is 0 Å². The van der Waals surface area contributed by atoms with Crippen molar-refractivity contribution in [1.82, 2.24) is 5.32 Å². The molecule has 0 radical (unpaired) electrons. The third-order valence-corrected chi connectivity index (χ3v) is 4.60. The average molecular weight is 242 g/mol. The number of nitrogens with one attached hydrogen (secondary N) is 1. The standard InChI is InChI=1S/C16H22N2/c1-4-13-12-7-10(2)9-16(13,17)14-6-5-11(3)18-15(14)8-12/h4,7,12,18H,3,5-6,8-9,17H2,1-2H3/b13-4+/t12?,16-/m0/s1. The Morgan fingerprint density at radius 1 is 1.50 bits per heavy atom. The maximum Gasteiger partial charge on any atom is 0.0647 e. The number of rotatable bonds is 0. The van der Waals surface area contributed by atoms with Gasteiger partial charge >= 0.3 is 0 Å². The fraction of sp³-hybridized carbons (Fsp3) is 0.500. The summed E-state index contributed by atoms with van der Waals surface area (Å²) in [5, 5.41) is 3.48. The van der Waals surface area contributed by atoms with E-state index in [1.165, 1.54) is 22.4 Å². The maximum absolute atomic E-state index is 6.81. The average Bonchev–Trinajstić information content (AvgIpc) is 2.26. The topological polar surface area (TPSA) is 38.0 Å². The van der Waals surface area contributed by atoms with E-state index in [4.69, 9.17) is 5.73 Å². The highest BCUT2D eigenvalue weighted by Crippen LogP contribution is 2.49. The lowest BCUT2D eigenvalue weighted by atomic mass is 9.62. The number of nitrogens with two attached hydrogens (primary N) is 1. The molecular weight excluding hydrogens is 220 g/mol. The van der Waals surface area contributed by atoms with Crippen molar-refractivity contribution >= 4 is 0 Å². The molecule has 0 saturated carbocycles. The third-order valence-electron chi connectivity index (χ3n) is 4.60. The fourth-order valence-corrected chi connectivity index (χ4v) is 3.95. The van der Waals surface area contributed by atoms with Gasteiger partial charge in [0, 0.05) is 17.3 Å². The third kappa shape index (κ3) is 1.52. The molecule has 18 heavy (non-hydrogen) atoms. The fourth-order valence-electron chi connectivity index (χ4n) is 3.95. The highest BCUT2D eigenvalue weighted by molar-refractivity contribution is 5.51. The van der Waals surface area contributed by atoms with Crippen LogP contribution in [0.5, 0.6) is 0 Å². The molecule has 0 spiro atoms. The van der Waals surface area contributed by atoms with E-state index in [0.29, 0.717) is 5.92 Å². The quantitative estimate of drug-likeness (QED) is 0.640. The molecule has 0 aromatic heterocycles. The van der Waals surface area contributed by atoms with E-state index in [9.17, 15) is 0 Å². The molecule has 96 valence electrons. The van der Waals surface area contributed by atoms with Gasteiger partial charge < -0.3 is 11.1 Å². The van der Waals surface area contributed by atoms with Crippen LogP contribution in [0.15, 0.2) is 46.8 Å². The molecule has 2 heteroatoms. The summed E-state index contributed by atoms with van der Waals surface area (Å²) in [4.78, 5) is 0. The monoisotopic (exact) mass is 242 g/mol. The van der Waals surface area contributed by atoms with Gasteiger partial charge in [0.25, 0.3) is 0 Å². The highest BCUT2D eigenvalue weighted by Gasteiger charge is 2.45. The molecule has 1 heterocycles. The summed E-state index contributed by atoms with van der Waals surface area (Å²) < 4.78 is 0. The summed E-state index contributed by atoms with van der Waals surface area (Å²) in [5.74, 6) is 0.478. The minimum atomic E-state index is -0.237. The summed E-state index contributed by atoms with van der Waals surface area (Å²) in [6.45, 7) is 8.39. The largest absolute Gasteiger partial charge is 0.363 e. The first kappa shape index (κ1) is 11.8. The van der Waals surface area contributed by atoms with Crippen molar-refractivity contribution in [2.45, 2.75) is 45.1 Å². The molecule has 2 bridgehead atoms. The van der Waals surface area contributed by atoms with Crippen LogP contribution in [0.25, 0.3) is 0 Å². The smallest absolute Gasteiger partial charge is 0.0647 e. The summed E-state index contributed by atoms with van der Waals surface area (Å²) >= 11 is 0. The Balaban J connectivity index is 2.13. The van der Waals surface area contributed by atoms with E-state index in [1.807, 2.05) is 0 Å². The van der Waals surface area contributed by atoms with Crippen molar-refractivity contribution in [2.75, 3.05) is 0 Å². The second kappa shape index (κ2) is 3.86. The summed E-state index contributed by atoms with van der Waals surface area (Å²) in [6.07, 6.45) is 8.74. The van der Waals surface area contributed by atoms with Crippen molar-refractivity contribution in [3.05, 3.63) is 46.8 Å². The van der Waals surface area contributed by atoms with E-state index in [2.05, 4.69) is 37.9 Å². The second-order valence-corrected chi connectivity index (χ2v) is 5.90. The Morgan fingerprint density at radius 3 is 3.00 bits per heavy atom. The van der Waals surface area contributed by atoms with Gasteiger partial charge in [-0.05, 0) is 50.7 Å². The molecule has 0 amide bonds. The first-order valence-corrected chi connectivity index (χ1v) is 6.84. The number of hydrogen-bond donors (Lipinski definition) is 2. The van der Waals surface area contributed by atoms with E-state index in [-0.39, 0.29) is 5.54 Å². The maximum atomic E-state index is 6.81. The van der Waals surface area contributed by atoms with Gasteiger partial charge in [0.15, 0.2) is 0 Å². The van der Waals surface area contributed by atoms with Crippen LogP contribution in [-0.2, 0) is 0 Å². The van der Waals surface area contributed by atoms with Gasteiger partial charge in [0.2, 0.25) is 0 Å². The van der Waals surface area contributed by atoms with Gasteiger partial charge in [-0.2, -0.15) is 0 Å². The molecule has 1 unspecified atom stereocenters. The van der Waals surface area contributed by atoms with Crippen molar-refractivity contribution in [3.63, 3.8) is 0 Å². The van der Waals surface area contributed by atoms with E-state index in [1.54, 1.807) is 0 Å². The van der Waals surface area contributed by atoms with Gasteiger partial charge in [-0.25, -0.2) is 0 Å². The second-order valence-electron chi connectivity index (χ2n) is 5.90. The molecule has 3 N–H and O–H groups in total. The Morgan fingerprint density at radius 2 is 2.28 bits per heavy atom. The Kier molecular flexibility index (Phi) is 2.53. The molecule has 0 aromatic rings. The molecule has 0 aromatic carbocycles. The van der Waals surface area contributed by atoms with Crippen LogP contribution in [0.3, 0.4) is 0 Å². The number of hydrogen-bond acceptors (Lipinski definition) is 2. The molecule has 2 nitrogen and oxygen atoms in total. The first-order chi connectivity index (χ1) is 8.54. The van der Waals surface area contributed by atoms with E-state index >= 15 is 0 Å². The molecular formula is C16H22N2. The molecule has 0 saturated heterocycles. The zero-order valence-electron chi connectivity index (χ0n) is 11.3. The van der Waals surface area contributed by atoms with Crippen LogP contribution in [0.1, 0.15) is 39.5 Å². The van der Waals surface area contributed by atoms with Gasteiger partial charge in [-0.1, -0.05) is 24.3 Å². The summed E-state index contributed by atoms with van der Waals surface area (Å²) in [6, 6.07) is 0. The predicted molar refractivity (Wildman–Crippen MR) is 75.7 cm³/mol. The van der Waals surface area contributed by atoms with Gasteiger partial charge in [0.1, 0.15) is 0 Å². The Labute approximate surface area is 109 Å². The van der Waals surface area contributed by atoms with Gasteiger partial charge in [-0.3, -0.25) is 0 Å². The van der Waals surface area contributed by atoms with Crippen molar-refractivity contribution < 1.29 is 0 Å². The number of allylic oxidation sites excluding steroid dienone is 4. The van der Waals surface area contributed by atoms with Gasteiger partial charge in [0.05, 0.1) is 5.54 Å². The molecule has 3 aliphatic rings.